The first-order valence-electron chi connectivity index (χ1n) is 11.0. The average molecular weight is 393 g/mol. The van der Waals surface area contributed by atoms with Gasteiger partial charge in [-0.15, -0.1) is 0 Å². The Kier molecular flexibility index (Phi) is 2.80. The molecule has 144 valence electrons. The maximum atomic E-state index is 2.47. The molecular formula is C30H19N. The van der Waals surface area contributed by atoms with Crippen molar-refractivity contribution in [2.45, 2.75) is 12.8 Å². The van der Waals surface area contributed by atoms with Crippen molar-refractivity contribution < 1.29 is 0 Å². The van der Waals surface area contributed by atoms with E-state index < -0.39 is 0 Å². The summed E-state index contributed by atoms with van der Waals surface area (Å²) < 4.78 is 2.38. The molecule has 4 aromatic carbocycles. The quantitative estimate of drug-likeness (QED) is 0.237. The Morgan fingerprint density at radius 3 is 1.81 bits per heavy atom. The van der Waals surface area contributed by atoms with E-state index in [1.165, 1.54) is 71.7 Å². The van der Waals surface area contributed by atoms with Gasteiger partial charge in [-0.2, -0.15) is 0 Å². The van der Waals surface area contributed by atoms with E-state index in [4.69, 9.17) is 0 Å². The molecule has 0 saturated carbocycles. The number of hydrogen-bond acceptors (Lipinski definition) is 0. The van der Waals surface area contributed by atoms with Gasteiger partial charge in [-0.1, -0.05) is 48.5 Å². The largest absolute Gasteiger partial charge is 0.316 e. The Morgan fingerprint density at radius 1 is 0.452 bits per heavy atom. The fourth-order valence-corrected chi connectivity index (χ4v) is 6.02. The van der Waals surface area contributed by atoms with Crippen LogP contribution in [-0.2, 0) is 12.8 Å². The van der Waals surface area contributed by atoms with E-state index in [0.717, 1.165) is 12.8 Å². The number of aromatic nitrogens is 1. The lowest BCUT2D eigenvalue weighted by atomic mass is 9.95. The van der Waals surface area contributed by atoms with Crippen molar-refractivity contribution in [1.82, 2.24) is 4.40 Å². The zero-order chi connectivity index (χ0) is 20.1. The summed E-state index contributed by atoms with van der Waals surface area (Å²) in [6, 6.07) is 31.9. The Balaban J connectivity index is 1.52. The van der Waals surface area contributed by atoms with E-state index in [-0.39, 0.29) is 0 Å². The second-order valence-corrected chi connectivity index (χ2v) is 9.01. The van der Waals surface area contributed by atoms with Crippen LogP contribution in [0.4, 0.5) is 0 Å². The third-order valence-electron chi connectivity index (χ3n) is 7.42. The molecule has 0 spiro atoms. The Bertz CT molecular complexity index is 1600. The first-order chi connectivity index (χ1) is 15.3. The number of hydrogen-bond donors (Lipinski definition) is 0. The van der Waals surface area contributed by atoms with Crippen LogP contribution < -0.4 is 0 Å². The Hall–Kier alpha value is -3.84. The van der Waals surface area contributed by atoms with E-state index in [1.807, 2.05) is 0 Å². The van der Waals surface area contributed by atoms with Gasteiger partial charge in [0.1, 0.15) is 0 Å². The number of benzene rings is 4. The minimum Gasteiger partial charge on any atom is -0.316 e. The van der Waals surface area contributed by atoms with Crippen LogP contribution in [0.25, 0.3) is 49.4 Å². The average Bonchev–Trinajstić information content (AvgIpc) is 3.51. The van der Waals surface area contributed by atoms with Gasteiger partial charge in [-0.05, 0) is 99.1 Å². The van der Waals surface area contributed by atoms with Crippen molar-refractivity contribution in [2.24, 2.45) is 0 Å². The summed E-state index contributed by atoms with van der Waals surface area (Å²) in [6.07, 6.45) is 4.28. The molecule has 6 aromatic rings. The summed E-state index contributed by atoms with van der Waals surface area (Å²) in [4.78, 5) is 0. The molecule has 2 aromatic heterocycles. The van der Waals surface area contributed by atoms with E-state index in [2.05, 4.69) is 95.5 Å². The third-order valence-corrected chi connectivity index (χ3v) is 7.42. The van der Waals surface area contributed by atoms with Gasteiger partial charge in [-0.25, -0.2) is 0 Å². The van der Waals surface area contributed by atoms with Crippen molar-refractivity contribution >= 4 is 27.2 Å². The molecule has 0 amide bonds. The third kappa shape index (κ3) is 1.96. The molecule has 0 fully saturated rings. The fraction of sp³-hybridized carbons (Fsp3) is 0.0667. The molecule has 0 radical (unpaired) electrons. The lowest BCUT2D eigenvalue weighted by Crippen LogP contribution is -1.93. The standard InChI is InChI=1S/C30H19N/c1-3-8-22-18(6-1)12-20-14-26-27-15-21-13-19-7-2-4-9-23(19)25(21)17-30(27)31-11-5-10-29(31)28(26)16-24(20)22/h1-11,14-17H,12-13H2. The van der Waals surface area contributed by atoms with Gasteiger partial charge in [0, 0.05) is 17.0 Å². The number of pyridine rings is 1. The Labute approximate surface area is 180 Å². The van der Waals surface area contributed by atoms with Crippen LogP contribution in [-0.4, -0.2) is 4.40 Å². The zero-order valence-corrected chi connectivity index (χ0v) is 17.0. The molecule has 2 heterocycles. The first kappa shape index (κ1) is 15.9. The lowest BCUT2D eigenvalue weighted by molar-refractivity contribution is 1.25. The van der Waals surface area contributed by atoms with Gasteiger partial charge in [0.15, 0.2) is 0 Å². The van der Waals surface area contributed by atoms with Gasteiger partial charge in [0.05, 0.1) is 11.0 Å². The monoisotopic (exact) mass is 393 g/mol. The van der Waals surface area contributed by atoms with Gasteiger partial charge < -0.3 is 4.40 Å². The first-order valence-corrected chi connectivity index (χ1v) is 11.0. The van der Waals surface area contributed by atoms with E-state index >= 15 is 0 Å². The zero-order valence-electron chi connectivity index (χ0n) is 17.0. The number of fused-ring (bicyclic) bond motifs is 12. The van der Waals surface area contributed by atoms with Crippen molar-refractivity contribution in [1.29, 1.82) is 0 Å². The van der Waals surface area contributed by atoms with Crippen molar-refractivity contribution in [2.75, 3.05) is 0 Å². The molecule has 2 aliphatic rings. The fourth-order valence-electron chi connectivity index (χ4n) is 6.02. The highest BCUT2D eigenvalue weighted by atomic mass is 14.9. The molecule has 0 bridgehead atoms. The molecule has 1 nitrogen and oxygen atoms in total. The molecule has 0 saturated heterocycles. The van der Waals surface area contributed by atoms with E-state index in [1.54, 1.807) is 0 Å². The molecular weight excluding hydrogens is 374 g/mol. The summed E-state index contributed by atoms with van der Waals surface area (Å²) >= 11 is 0. The topological polar surface area (TPSA) is 4.41 Å². The molecule has 0 N–H and O–H groups in total. The molecule has 2 aliphatic carbocycles. The molecule has 8 rings (SSSR count). The van der Waals surface area contributed by atoms with Crippen molar-refractivity contribution in [3.8, 4) is 22.3 Å². The highest BCUT2D eigenvalue weighted by Gasteiger charge is 2.23. The molecule has 31 heavy (non-hydrogen) atoms. The maximum Gasteiger partial charge on any atom is 0.0540 e. The van der Waals surface area contributed by atoms with Crippen LogP contribution in [0, 0.1) is 0 Å². The van der Waals surface area contributed by atoms with Gasteiger partial charge in [0.2, 0.25) is 0 Å². The summed E-state index contributed by atoms with van der Waals surface area (Å²) in [5.74, 6) is 0. The van der Waals surface area contributed by atoms with Crippen LogP contribution in [0.1, 0.15) is 22.3 Å². The minimum atomic E-state index is 1.03. The molecule has 0 atom stereocenters. The van der Waals surface area contributed by atoms with Crippen LogP contribution >= 0.6 is 0 Å². The minimum absolute atomic E-state index is 1.03. The van der Waals surface area contributed by atoms with E-state index in [0.29, 0.717) is 0 Å². The second-order valence-electron chi connectivity index (χ2n) is 9.01. The predicted octanol–water partition coefficient (Wildman–Crippen LogP) is 7.39. The Morgan fingerprint density at radius 2 is 1.06 bits per heavy atom. The summed E-state index contributed by atoms with van der Waals surface area (Å²) in [5.41, 5.74) is 14.0. The molecule has 1 heteroatoms. The van der Waals surface area contributed by atoms with Crippen LogP contribution in [0.15, 0.2) is 91.1 Å². The summed E-state index contributed by atoms with van der Waals surface area (Å²) in [5, 5.41) is 4.10. The van der Waals surface area contributed by atoms with Crippen LogP contribution in [0.3, 0.4) is 0 Å². The van der Waals surface area contributed by atoms with E-state index in [9.17, 15) is 0 Å². The SMILES string of the molecule is c1ccc2c(c1)Cc1cc3c(cc1-2)c1cccn1c1cc2c(cc31)Cc1ccccc1-2. The van der Waals surface area contributed by atoms with Crippen molar-refractivity contribution in [3.05, 3.63) is 113 Å². The van der Waals surface area contributed by atoms with Crippen LogP contribution in [0.2, 0.25) is 0 Å². The highest BCUT2D eigenvalue weighted by molar-refractivity contribution is 6.15. The van der Waals surface area contributed by atoms with Gasteiger partial charge in [-0.3, -0.25) is 0 Å². The van der Waals surface area contributed by atoms with Gasteiger partial charge in [0.25, 0.3) is 0 Å². The smallest absolute Gasteiger partial charge is 0.0540 e. The summed E-state index contributed by atoms with van der Waals surface area (Å²) in [7, 11) is 0. The molecule has 0 aliphatic heterocycles. The normalized spacial score (nSPS) is 13.5. The van der Waals surface area contributed by atoms with Crippen LogP contribution in [0.5, 0.6) is 0 Å². The van der Waals surface area contributed by atoms with Crippen molar-refractivity contribution in [3.63, 3.8) is 0 Å². The maximum absolute atomic E-state index is 2.47. The number of nitrogens with zero attached hydrogens (tertiary/aromatic N) is 1. The lowest BCUT2D eigenvalue weighted by Gasteiger charge is -2.14. The molecule has 0 unspecified atom stereocenters. The number of rotatable bonds is 0. The van der Waals surface area contributed by atoms with Gasteiger partial charge >= 0.3 is 0 Å². The predicted molar refractivity (Wildman–Crippen MR) is 129 cm³/mol. The second kappa shape index (κ2) is 5.44. The highest BCUT2D eigenvalue weighted by Crippen LogP contribution is 2.44. The summed E-state index contributed by atoms with van der Waals surface area (Å²) in [6.45, 7) is 0.